The molecule has 0 unspecified atom stereocenters. The molecule has 2 heterocycles. The fourth-order valence-electron chi connectivity index (χ4n) is 2.19. The Balaban J connectivity index is 2.28. The molecular weight excluding hydrogens is 250 g/mol. The van der Waals surface area contributed by atoms with Gasteiger partial charge in [0.15, 0.2) is 0 Å². The lowest BCUT2D eigenvalue weighted by atomic mass is 10.0. The van der Waals surface area contributed by atoms with Gasteiger partial charge < -0.3 is 10.0 Å². The van der Waals surface area contributed by atoms with Crippen molar-refractivity contribution < 1.29 is 14.7 Å². The van der Waals surface area contributed by atoms with Gasteiger partial charge in [-0.2, -0.15) is 5.10 Å². The summed E-state index contributed by atoms with van der Waals surface area (Å²) in [6.07, 6.45) is 2.02. The summed E-state index contributed by atoms with van der Waals surface area (Å²) < 4.78 is 1.06. The molecule has 1 aliphatic heterocycles. The first-order chi connectivity index (χ1) is 9.00. The molecule has 0 saturated carbocycles. The first kappa shape index (κ1) is 13.3. The van der Waals surface area contributed by atoms with E-state index >= 15 is 0 Å². The maximum Gasteiger partial charge on any atom is 0.326 e. The number of nitrogens with zero attached hydrogens (tertiary/aromatic N) is 3. The third-order valence-corrected chi connectivity index (χ3v) is 3.23. The molecule has 2 rings (SSSR count). The number of hydrogen-bond acceptors (Lipinski definition) is 4. The fraction of sp³-hybridized carbons (Fsp3) is 0.500. The number of hydrogen-bond donors (Lipinski definition) is 1. The maximum absolute atomic E-state index is 12.3. The number of aliphatic carboxylic acids is 1. The van der Waals surface area contributed by atoms with Crippen LogP contribution in [-0.4, -0.2) is 44.3 Å². The average molecular weight is 265 g/mol. The van der Waals surface area contributed by atoms with Crippen LogP contribution in [0.1, 0.15) is 29.8 Å². The average Bonchev–Trinajstić information content (AvgIpc) is 2.41. The van der Waals surface area contributed by atoms with Crippen LogP contribution >= 0.6 is 0 Å². The predicted octanol–water partition coefficient (Wildman–Crippen LogP) is -0.140. The molecule has 0 aromatic carbocycles. The molecule has 1 amide bonds. The molecule has 1 N–H and O–H groups in total. The molecule has 7 nitrogen and oxygen atoms in total. The number of aromatic nitrogens is 2. The summed E-state index contributed by atoms with van der Waals surface area (Å²) in [7, 11) is 1.45. The maximum atomic E-state index is 12.3. The zero-order valence-electron chi connectivity index (χ0n) is 10.6. The normalized spacial score (nSPS) is 19.2. The van der Waals surface area contributed by atoms with Crippen molar-refractivity contribution in [2.24, 2.45) is 7.05 Å². The Bertz CT molecular complexity index is 566. The van der Waals surface area contributed by atoms with Crippen LogP contribution in [0.3, 0.4) is 0 Å². The molecule has 1 atom stereocenters. The first-order valence-corrected chi connectivity index (χ1v) is 6.09. The van der Waals surface area contributed by atoms with Gasteiger partial charge >= 0.3 is 5.97 Å². The van der Waals surface area contributed by atoms with Crippen LogP contribution in [0.5, 0.6) is 0 Å². The van der Waals surface area contributed by atoms with Crippen LogP contribution < -0.4 is 5.56 Å². The van der Waals surface area contributed by atoms with E-state index in [1.54, 1.807) is 0 Å². The van der Waals surface area contributed by atoms with Crippen LogP contribution in [0, 0.1) is 0 Å². The van der Waals surface area contributed by atoms with Gasteiger partial charge in [-0.25, -0.2) is 9.48 Å². The van der Waals surface area contributed by atoms with Crippen molar-refractivity contribution in [3.63, 3.8) is 0 Å². The molecular formula is C12H15N3O4. The number of aryl methyl sites for hydroxylation is 1. The van der Waals surface area contributed by atoms with E-state index in [0.717, 1.165) is 17.5 Å². The smallest absolute Gasteiger partial charge is 0.326 e. The van der Waals surface area contributed by atoms with Gasteiger partial charge in [-0.1, -0.05) is 0 Å². The standard InChI is InChI=1S/C12H15N3O4/c1-14-10(16)6-5-8(13-14)11(17)15-7-3-2-4-9(15)12(18)19/h5-6,9H,2-4,7H2,1H3,(H,18,19)/t9-/m1/s1. The zero-order chi connectivity index (χ0) is 14.0. The Hall–Kier alpha value is -2.18. The summed E-state index contributed by atoms with van der Waals surface area (Å²) in [5.74, 6) is -1.44. The van der Waals surface area contributed by atoms with Gasteiger partial charge in [0.25, 0.3) is 11.5 Å². The van der Waals surface area contributed by atoms with Gasteiger partial charge in [0, 0.05) is 19.7 Å². The third-order valence-electron chi connectivity index (χ3n) is 3.23. The van der Waals surface area contributed by atoms with Gasteiger partial charge in [-0.15, -0.1) is 0 Å². The third kappa shape index (κ3) is 2.64. The van der Waals surface area contributed by atoms with Crippen LogP contribution in [-0.2, 0) is 11.8 Å². The van der Waals surface area contributed by atoms with Gasteiger partial charge in [0.05, 0.1) is 0 Å². The van der Waals surface area contributed by atoms with Crippen molar-refractivity contribution >= 4 is 11.9 Å². The lowest BCUT2D eigenvalue weighted by Crippen LogP contribution is -2.48. The highest BCUT2D eigenvalue weighted by atomic mass is 16.4. The van der Waals surface area contributed by atoms with Crippen molar-refractivity contribution in [2.75, 3.05) is 6.54 Å². The summed E-state index contributed by atoms with van der Waals surface area (Å²) in [4.78, 5) is 36.0. The highest BCUT2D eigenvalue weighted by molar-refractivity contribution is 5.95. The summed E-state index contributed by atoms with van der Waals surface area (Å²) in [5, 5.41) is 13.0. The Morgan fingerprint density at radius 1 is 1.37 bits per heavy atom. The number of carbonyl (C=O) groups excluding carboxylic acids is 1. The molecule has 1 aromatic rings. The number of carbonyl (C=O) groups is 2. The van der Waals surface area contributed by atoms with E-state index in [-0.39, 0.29) is 11.3 Å². The van der Waals surface area contributed by atoms with Crippen LogP contribution in [0.2, 0.25) is 0 Å². The van der Waals surface area contributed by atoms with Crippen molar-refractivity contribution in [1.29, 1.82) is 0 Å². The molecule has 1 aliphatic rings. The van der Waals surface area contributed by atoms with Crippen LogP contribution in [0.4, 0.5) is 0 Å². The molecule has 0 spiro atoms. The summed E-state index contributed by atoms with van der Waals surface area (Å²) in [6.45, 7) is 0.403. The topological polar surface area (TPSA) is 92.5 Å². The Labute approximate surface area is 109 Å². The lowest BCUT2D eigenvalue weighted by Gasteiger charge is -2.32. The largest absolute Gasteiger partial charge is 0.480 e. The van der Waals surface area contributed by atoms with Crippen molar-refractivity contribution in [3.8, 4) is 0 Å². The number of piperidine rings is 1. The van der Waals surface area contributed by atoms with Gasteiger partial charge in [-0.05, 0) is 25.3 Å². The number of rotatable bonds is 2. The van der Waals surface area contributed by atoms with Crippen molar-refractivity contribution in [1.82, 2.24) is 14.7 Å². The Morgan fingerprint density at radius 2 is 2.11 bits per heavy atom. The Morgan fingerprint density at radius 3 is 2.74 bits per heavy atom. The molecule has 7 heteroatoms. The summed E-state index contributed by atoms with van der Waals surface area (Å²) in [5.41, 5.74) is -0.222. The molecule has 0 radical (unpaired) electrons. The Kier molecular flexibility index (Phi) is 3.64. The summed E-state index contributed by atoms with van der Waals surface area (Å²) >= 11 is 0. The monoisotopic (exact) mass is 265 g/mol. The minimum atomic E-state index is -1.00. The van der Waals surface area contributed by atoms with Gasteiger partial charge in [0.1, 0.15) is 11.7 Å². The van der Waals surface area contributed by atoms with E-state index in [9.17, 15) is 14.4 Å². The highest BCUT2D eigenvalue weighted by Gasteiger charge is 2.33. The zero-order valence-corrected chi connectivity index (χ0v) is 10.6. The van der Waals surface area contributed by atoms with Crippen molar-refractivity contribution in [3.05, 3.63) is 28.2 Å². The highest BCUT2D eigenvalue weighted by Crippen LogP contribution is 2.19. The van der Waals surface area contributed by atoms with E-state index in [2.05, 4.69) is 5.10 Å². The first-order valence-electron chi connectivity index (χ1n) is 6.09. The number of amides is 1. The van der Waals surface area contributed by atoms with E-state index < -0.39 is 17.9 Å². The molecule has 19 heavy (non-hydrogen) atoms. The van der Waals surface area contributed by atoms with Gasteiger partial charge in [-0.3, -0.25) is 9.59 Å². The molecule has 1 saturated heterocycles. The predicted molar refractivity (Wildman–Crippen MR) is 65.8 cm³/mol. The van der Waals surface area contributed by atoms with E-state index in [4.69, 9.17) is 5.11 Å². The number of carboxylic acid groups (broad SMARTS) is 1. The lowest BCUT2D eigenvalue weighted by molar-refractivity contribution is -0.143. The second kappa shape index (κ2) is 5.21. The minimum absolute atomic E-state index is 0.0928. The van der Waals surface area contributed by atoms with E-state index in [1.165, 1.54) is 24.1 Å². The minimum Gasteiger partial charge on any atom is -0.480 e. The second-order valence-electron chi connectivity index (χ2n) is 4.53. The van der Waals surface area contributed by atoms with E-state index in [1.807, 2.05) is 0 Å². The molecule has 0 aliphatic carbocycles. The molecule has 1 fully saturated rings. The van der Waals surface area contributed by atoms with Crippen molar-refractivity contribution in [2.45, 2.75) is 25.3 Å². The molecule has 102 valence electrons. The van der Waals surface area contributed by atoms with Gasteiger partial charge in [0.2, 0.25) is 0 Å². The van der Waals surface area contributed by atoms with E-state index in [0.29, 0.717) is 13.0 Å². The second-order valence-corrected chi connectivity index (χ2v) is 4.53. The fourth-order valence-corrected chi connectivity index (χ4v) is 2.19. The van der Waals surface area contributed by atoms with Crippen LogP contribution in [0.15, 0.2) is 16.9 Å². The summed E-state index contributed by atoms with van der Waals surface area (Å²) in [6, 6.07) is 1.78. The molecule has 0 bridgehead atoms. The quantitative estimate of drug-likeness (QED) is 0.803. The number of carboxylic acids is 1. The molecule has 1 aromatic heterocycles. The van der Waals surface area contributed by atoms with Crippen LogP contribution in [0.25, 0.3) is 0 Å². The SMILES string of the molecule is Cn1nc(C(=O)N2CCCC[C@@H]2C(=O)O)ccc1=O. The number of likely N-dealkylation sites (tertiary alicyclic amines) is 1.